The number of thiophene rings is 1. The number of pyridine rings is 1. The molecule has 0 saturated carbocycles. The van der Waals surface area contributed by atoms with Gasteiger partial charge in [-0.3, -0.25) is 18.9 Å². The third-order valence-electron chi connectivity index (χ3n) is 5.36. The molecule has 0 aliphatic rings. The van der Waals surface area contributed by atoms with Crippen molar-refractivity contribution in [2.24, 2.45) is 13.0 Å². The van der Waals surface area contributed by atoms with Crippen LogP contribution in [0.1, 0.15) is 41.6 Å². The fourth-order valence-electron chi connectivity index (χ4n) is 3.94. The number of carbonyl (C=O) groups excluding carboxylic acids is 1. The van der Waals surface area contributed by atoms with Crippen LogP contribution in [0.15, 0.2) is 46.1 Å². The zero-order chi connectivity index (χ0) is 23.0. The second-order valence-corrected chi connectivity index (χ2v) is 9.20. The van der Waals surface area contributed by atoms with Gasteiger partial charge in [0.05, 0.1) is 23.1 Å². The van der Waals surface area contributed by atoms with Crippen LogP contribution in [0.4, 0.5) is 0 Å². The van der Waals surface area contributed by atoms with Crippen LogP contribution >= 0.6 is 11.3 Å². The molecule has 0 amide bonds. The van der Waals surface area contributed by atoms with E-state index in [1.54, 1.807) is 17.7 Å². The van der Waals surface area contributed by atoms with E-state index in [-0.39, 0.29) is 29.2 Å². The van der Waals surface area contributed by atoms with Crippen molar-refractivity contribution in [1.29, 1.82) is 0 Å². The van der Waals surface area contributed by atoms with Crippen LogP contribution in [0.5, 0.6) is 0 Å². The minimum Gasteiger partial charge on any atom is -0.462 e. The third kappa shape index (κ3) is 3.75. The van der Waals surface area contributed by atoms with E-state index in [1.165, 1.54) is 18.4 Å². The van der Waals surface area contributed by atoms with Gasteiger partial charge in [-0.2, -0.15) is 0 Å². The van der Waals surface area contributed by atoms with Gasteiger partial charge < -0.3 is 4.74 Å². The first-order valence-electron chi connectivity index (χ1n) is 10.6. The molecule has 4 aromatic rings. The van der Waals surface area contributed by atoms with Crippen LogP contribution < -0.4 is 11.2 Å². The van der Waals surface area contributed by atoms with Crippen LogP contribution in [-0.2, 0) is 24.8 Å². The molecule has 1 aromatic carbocycles. The Labute approximate surface area is 188 Å². The lowest BCUT2D eigenvalue weighted by Gasteiger charge is -2.11. The molecule has 8 heteroatoms. The SMILES string of the molecule is CCOC(=O)c1c(Cc2cccc3ncccc23)sc2c1c(=O)n(C)c(=O)n2CC(C)C. The smallest absolute Gasteiger partial charge is 0.340 e. The first-order valence-corrected chi connectivity index (χ1v) is 11.4. The van der Waals surface area contributed by atoms with E-state index in [2.05, 4.69) is 4.98 Å². The predicted molar refractivity (Wildman–Crippen MR) is 127 cm³/mol. The van der Waals surface area contributed by atoms with Crippen molar-refractivity contribution >= 4 is 38.4 Å². The number of ether oxygens (including phenoxy) is 1. The van der Waals surface area contributed by atoms with E-state index in [0.29, 0.717) is 22.7 Å². The molecule has 32 heavy (non-hydrogen) atoms. The second-order valence-electron chi connectivity index (χ2n) is 8.12. The van der Waals surface area contributed by atoms with E-state index in [9.17, 15) is 14.4 Å². The van der Waals surface area contributed by atoms with Gasteiger partial charge >= 0.3 is 11.7 Å². The molecule has 0 unspecified atom stereocenters. The molecule has 7 nitrogen and oxygen atoms in total. The number of esters is 1. The van der Waals surface area contributed by atoms with Crippen LogP contribution in [0, 0.1) is 5.92 Å². The quantitative estimate of drug-likeness (QED) is 0.417. The number of benzene rings is 1. The number of carbonyl (C=O) groups is 1. The summed E-state index contributed by atoms with van der Waals surface area (Å²) < 4.78 is 8.00. The van der Waals surface area contributed by atoms with Crippen LogP contribution in [0.2, 0.25) is 0 Å². The standard InChI is InChI=1S/C24H25N3O4S/c1-5-31-23(29)19-18(12-15-8-6-10-17-16(15)9-7-11-25-17)32-22-20(19)21(28)26(4)24(30)27(22)13-14(2)3/h6-11,14H,5,12-13H2,1-4H3. The van der Waals surface area contributed by atoms with E-state index in [4.69, 9.17) is 4.74 Å². The molecule has 4 rings (SSSR count). The fraction of sp³-hybridized carbons (Fsp3) is 0.333. The molecule has 3 aromatic heterocycles. The Morgan fingerprint density at radius 3 is 2.69 bits per heavy atom. The van der Waals surface area contributed by atoms with Crippen molar-refractivity contribution in [2.45, 2.75) is 33.7 Å². The third-order valence-corrected chi connectivity index (χ3v) is 6.57. The molecule has 0 N–H and O–H groups in total. The number of hydrogen-bond donors (Lipinski definition) is 0. The Balaban J connectivity index is 2.02. The van der Waals surface area contributed by atoms with Gasteiger partial charge in [0.15, 0.2) is 0 Å². The summed E-state index contributed by atoms with van der Waals surface area (Å²) in [5.74, 6) is -0.354. The molecule has 0 bridgehead atoms. The first kappa shape index (κ1) is 22.0. The van der Waals surface area contributed by atoms with Gasteiger partial charge in [0.1, 0.15) is 4.83 Å². The van der Waals surface area contributed by atoms with Gasteiger partial charge in [0, 0.05) is 36.5 Å². The second kappa shape index (κ2) is 8.70. The summed E-state index contributed by atoms with van der Waals surface area (Å²) in [6.45, 7) is 6.39. The maximum absolute atomic E-state index is 13.1. The minimum atomic E-state index is -0.543. The molecule has 0 aliphatic heterocycles. The fourth-order valence-corrected chi connectivity index (χ4v) is 5.24. The largest absolute Gasteiger partial charge is 0.462 e. The van der Waals surface area contributed by atoms with Crippen LogP contribution in [0.25, 0.3) is 21.1 Å². The molecule has 0 radical (unpaired) electrons. The summed E-state index contributed by atoms with van der Waals surface area (Å²) in [5.41, 5.74) is 1.24. The van der Waals surface area contributed by atoms with Crippen molar-refractivity contribution in [3.63, 3.8) is 0 Å². The van der Waals surface area contributed by atoms with Gasteiger partial charge in [-0.25, -0.2) is 9.59 Å². The molecule has 0 fully saturated rings. The average molecular weight is 452 g/mol. The Morgan fingerprint density at radius 1 is 1.19 bits per heavy atom. The predicted octanol–water partition coefficient (Wildman–Crippen LogP) is 3.73. The van der Waals surface area contributed by atoms with Gasteiger partial charge in [0.25, 0.3) is 5.56 Å². The summed E-state index contributed by atoms with van der Waals surface area (Å²) in [5, 5.41) is 1.24. The van der Waals surface area contributed by atoms with Crippen molar-refractivity contribution < 1.29 is 9.53 Å². The van der Waals surface area contributed by atoms with E-state index >= 15 is 0 Å². The molecule has 166 valence electrons. The summed E-state index contributed by atoms with van der Waals surface area (Å²) >= 11 is 1.32. The maximum atomic E-state index is 13.1. The lowest BCUT2D eigenvalue weighted by molar-refractivity contribution is 0.0528. The van der Waals surface area contributed by atoms with Gasteiger partial charge in [-0.1, -0.05) is 32.0 Å². The van der Waals surface area contributed by atoms with Crippen LogP contribution in [-0.4, -0.2) is 26.7 Å². The molecule has 0 aliphatic carbocycles. The Kier molecular flexibility index (Phi) is 5.97. The van der Waals surface area contributed by atoms with Gasteiger partial charge in [-0.15, -0.1) is 11.3 Å². The van der Waals surface area contributed by atoms with Crippen molar-refractivity contribution in [3.05, 3.63) is 73.4 Å². The zero-order valence-electron chi connectivity index (χ0n) is 18.5. The topological polar surface area (TPSA) is 83.2 Å². The van der Waals surface area contributed by atoms with Gasteiger partial charge in [-0.05, 0) is 30.5 Å². The van der Waals surface area contributed by atoms with E-state index in [1.807, 2.05) is 44.2 Å². The van der Waals surface area contributed by atoms with Crippen LogP contribution in [0.3, 0.4) is 0 Å². The number of nitrogens with zero attached hydrogens (tertiary/aromatic N) is 3. The lowest BCUT2D eigenvalue weighted by Crippen LogP contribution is -2.38. The monoisotopic (exact) mass is 451 g/mol. The number of fused-ring (bicyclic) bond motifs is 2. The summed E-state index contributed by atoms with van der Waals surface area (Å²) in [6.07, 6.45) is 2.17. The highest BCUT2D eigenvalue weighted by molar-refractivity contribution is 7.19. The number of rotatable bonds is 6. The molecular weight excluding hydrogens is 426 g/mol. The highest BCUT2D eigenvalue weighted by Gasteiger charge is 2.27. The Bertz CT molecular complexity index is 1440. The Morgan fingerprint density at radius 2 is 1.97 bits per heavy atom. The van der Waals surface area contributed by atoms with Crippen molar-refractivity contribution in [1.82, 2.24) is 14.1 Å². The minimum absolute atomic E-state index is 0.189. The highest BCUT2D eigenvalue weighted by Crippen LogP contribution is 2.33. The molecule has 0 spiro atoms. The zero-order valence-corrected chi connectivity index (χ0v) is 19.4. The van der Waals surface area contributed by atoms with E-state index in [0.717, 1.165) is 21.0 Å². The summed E-state index contributed by atoms with van der Waals surface area (Å²) in [4.78, 5) is 44.7. The van der Waals surface area contributed by atoms with Gasteiger partial charge in [0.2, 0.25) is 0 Å². The number of hydrogen-bond acceptors (Lipinski definition) is 6. The number of aromatic nitrogens is 3. The molecule has 0 atom stereocenters. The molecule has 3 heterocycles. The Hall–Kier alpha value is -3.26. The normalized spacial score (nSPS) is 11.5. The highest BCUT2D eigenvalue weighted by atomic mass is 32.1. The lowest BCUT2D eigenvalue weighted by atomic mass is 10.0. The summed E-state index contributed by atoms with van der Waals surface area (Å²) in [7, 11) is 1.45. The molecule has 0 saturated heterocycles. The average Bonchev–Trinajstić information content (AvgIpc) is 3.14. The maximum Gasteiger partial charge on any atom is 0.340 e. The first-order chi connectivity index (χ1) is 15.3. The summed E-state index contributed by atoms with van der Waals surface area (Å²) in [6, 6.07) is 9.71. The van der Waals surface area contributed by atoms with Crippen molar-refractivity contribution in [2.75, 3.05) is 6.61 Å². The molecular formula is C24H25N3O4S. The van der Waals surface area contributed by atoms with E-state index < -0.39 is 11.5 Å². The van der Waals surface area contributed by atoms with Crippen molar-refractivity contribution in [3.8, 4) is 0 Å².